The maximum absolute atomic E-state index is 12.9. The molecular formula is C23H22ClN3O2. The van der Waals surface area contributed by atoms with Gasteiger partial charge >= 0.3 is 0 Å². The average molecular weight is 408 g/mol. The first-order valence-electron chi connectivity index (χ1n) is 9.85. The Labute approximate surface area is 174 Å². The molecule has 1 fully saturated rings. The van der Waals surface area contributed by atoms with Crippen molar-refractivity contribution in [3.8, 4) is 16.9 Å². The highest BCUT2D eigenvalue weighted by Gasteiger charge is 2.36. The van der Waals surface area contributed by atoms with Crippen molar-refractivity contribution in [2.45, 2.75) is 25.9 Å². The number of nitrogens with zero attached hydrogens (tertiary/aromatic N) is 3. The lowest BCUT2D eigenvalue weighted by Gasteiger charge is -2.20. The van der Waals surface area contributed by atoms with Gasteiger partial charge in [-0.1, -0.05) is 35.9 Å². The van der Waals surface area contributed by atoms with Crippen LogP contribution in [0, 0.1) is 6.92 Å². The predicted octanol–water partition coefficient (Wildman–Crippen LogP) is 4.25. The number of ether oxygens (including phenoxy) is 1. The molecule has 3 heterocycles. The second-order valence-corrected chi connectivity index (χ2v) is 8.29. The molecule has 3 aromatic rings. The van der Waals surface area contributed by atoms with E-state index in [9.17, 15) is 4.79 Å². The monoisotopic (exact) mass is 407 g/mol. The van der Waals surface area contributed by atoms with Crippen LogP contribution in [0.2, 0.25) is 5.02 Å². The first-order chi connectivity index (χ1) is 14.0. The Morgan fingerprint density at radius 3 is 2.76 bits per heavy atom. The number of aryl methyl sites for hydroxylation is 1. The van der Waals surface area contributed by atoms with Crippen molar-refractivity contribution in [3.05, 3.63) is 70.0 Å². The summed E-state index contributed by atoms with van der Waals surface area (Å²) in [5.41, 5.74) is 6.01. The highest BCUT2D eigenvalue weighted by atomic mass is 35.5. The van der Waals surface area contributed by atoms with Crippen LogP contribution in [0.3, 0.4) is 0 Å². The molecule has 0 saturated carbocycles. The molecule has 0 radical (unpaired) electrons. The SMILES string of the molecule is Cc1c(Cc2ccc(-c3cnn(C)c3)cc2)cc2c(c1Cl)O[C@H]1CCN(C1)C2=O. The molecule has 2 aromatic carbocycles. The molecule has 1 atom stereocenters. The van der Waals surface area contributed by atoms with E-state index < -0.39 is 0 Å². The van der Waals surface area contributed by atoms with Gasteiger partial charge in [0.25, 0.3) is 5.91 Å². The number of halogens is 1. The van der Waals surface area contributed by atoms with E-state index >= 15 is 0 Å². The van der Waals surface area contributed by atoms with Gasteiger partial charge in [-0.05, 0) is 41.7 Å². The van der Waals surface area contributed by atoms with Gasteiger partial charge in [0.05, 0.1) is 23.3 Å². The summed E-state index contributed by atoms with van der Waals surface area (Å²) in [5, 5.41) is 4.79. The lowest BCUT2D eigenvalue weighted by Crippen LogP contribution is -2.28. The fourth-order valence-corrected chi connectivity index (χ4v) is 4.45. The summed E-state index contributed by atoms with van der Waals surface area (Å²) in [7, 11) is 1.91. The van der Waals surface area contributed by atoms with Crippen molar-refractivity contribution < 1.29 is 9.53 Å². The molecule has 5 nitrogen and oxygen atoms in total. The molecule has 0 unspecified atom stereocenters. The molecule has 1 saturated heterocycles. The van der Waals surface area contributed by atoms with Crippen LogP contribution < -0.4 is 4.74 Å². The molecule has 2 bridgehead atoms. The van der Waals surface area contributed by atoms with Crippen molar-refractivity contribution in [2.24, 2.45) is 7.05 Å². The van der Waals surface area contributed by atoms with Crippen molar-refractivity contribution in [1.29, 1.82) is 0 Å². The van der Waals surface area contributed by atoms with E-state index in [2.05, 4.69) is 29.4 Å². The number of hydrogen-bond donors (Lipinski definition) is 0. The smallest absolute Gasteiger partial charge is 0.257 e. The van der Waals surface area contributed by atoms with Crippen LogP contribution in [0.25, 0.3) is 11.1 Å². The Balaban J connectivity index is 1.47. The molecule has 0 N–H and O–H groups in total. The minimum absolute atomic E-state index is 0.0232. The summed E-state index contributed by atoms with van der Waals surface area (Å²) >= 11 is 6.66. The molecule has 2 aliphatic heterocycles. The summed E-state index contributed by atoms with van der Waals surface area (Å²) in [6.45, 7) is 3.40. The standard InChI is InChI=1S/C23H22ClN3O2/c1-14-17(9-15-3-5-16(6-4-15)18-11-25-26(2)12-18)10-20-22(21(14)24)29-19-7-8-27(13-19)23(20)28/h3-6,10-12,19H,7-9,13H2,1-2H3/t19-/m0/s1. The molecule has 29 heavy (non-hydrogen) atoms. The van der Waals surface area contributed by atoms with E-state index in [1.165, 1.54) is 5.56 Å². The Hall–Kier alpha value is -2.79. The third kappa shape index (κ3) is 3.19. The summed E-state index contributed by atoms with van der Waals surface area (Å²) in [4.78, 5) is 14.8. The van der Waals surface area contributed by atoms with E-state index in [-0.39, 0.29) is 12.0 Å². The van der Waals surface area contributed by atoms with Crippen LogP contribution in [-0.4, -0.2) is 39.8 Å². The Bertz CT molecular complexity index is 1100. The number of hydrogen-bond acceptors (Lipinski definition) is 3. The molecule has 5 rings (SSSR count). The number of carbonyl (C=O) groups excluding carboxylic acids is 1. The van der Waals surface area contributed by atoms with Gasteiger partial charge < -0.3 is 9.64 Å². The van der Waals surface area contributed by atoms with Gasteiger partial charge in [-0.2, -0.15) is 5.10 Å². The summed E-state index contributed by atoms with van der Waals surface area (Å²) in [5.74, 6) is 0.576. The van der Waals surface area contributed by atoms with Crippen molar-refractivity contribution in [3.63, 3.8) is 0 Å². The van der Waals surface area contributed by atoms with Crippen molar-refractivity contribution >= 4 is 17.5 Å². The van der Waals surface area contributed by atoms with Crippen LogP contribution in [0.15, 0.2) is 42.7 Å². The minimum Gasteiger partial charge on any atom is -0.486 e. The second-order valence-electron chi connectivity index (χ2n) is 7.91. The largest absolute Gasteiger partial charge is 0.486 e. The summed E-state index contributed by atoms with van der Waals surface area (Å²) in [6, 6.07) is 10.4. The summed E-state index contributed by atoms with van der Waals surface area (Å²) < 4.78 is 7.90. The Morgan fingerprint density at radius 1 is 1.24 bits per heavy atom. The first kappa shape index (κ1) is 18.3. The molecule has 148 valence electrons. The molecule has 6 heteroatoms. The molecule has 1 amide bonds. The molecular weight excluding hydrogens is 386 g/mol. The third-order valence-corrected chi connectivity index (χ3v) is 6.36. The maximum Gasteiger partial charge on any atom is 0.257 e. The van der Waals surface area contributed by atoms with E-state index in [0.29, 0.717) is 29.3 Å². The molecule has 0 spiro atoms. The van der Waals surface area contributed by atoms with Crippen molar-refractivity contribution in [2.75, 3.05) is 13.1 Å². The fourth-order valence-electron chi connectivity index (χ4n) is 4.19. The third-order valence-electron chi connectivity index (χ3n) is 5.91. The maximum atomic E-state index is 12.9. The Kier molecular flexibility index (Phi) is 4.36. The Morgan fingerprint density at radius 2 is 2.03 bits per heavy atom. The zero-order valence-corrected chi connectivity index (χ0v) is 17.2. The van der Waals surface area contributed by atoms with E-state index in [4.69, 9.17) is 16.3 Å². The highest BCUT2D eigenvalue weighted by molar-refractivity contribution is 6.33. The normalized spacial score (nSPS) is 17.8. The fraction of sp³-hybridized carbons (Fsp3) is 0.304. The lowest BCUT2D eigenvalue weighted by molar-refractivity contribution is 0.0792. The van der Waals surface area contributed by atoms with Gasteiger partial charge in [0.15, 0.2) is 5.75 Å². The van der Waals surface area contributed by atoms with Crippen molar-refractivity contribution in [1.82, 2.24) is 14.7 Å². The number of carbonyl (C=O) groups is 1. The molecule has 1 aromatic heterocycles. The van der Waals surface area contributed by atoms with E-state index in [1.807, 2.05) is 37.3 Å². The number of benzene rings is 2. The number of rotatable bonds is 3. The zero-order valence-electron chi connectivity index (χ0n) is 16.5. The number of amides is 1. The predicted molar refractivity (Wildman–Crippen MR) is 113 cm³/mol. The summed E-state index contributed by atoms with van der Waals surface area (Å²) in [6.07, 6.45) is 5.48. The zero-order chi connectivity index (χ0) is 20.1. The average Bonchev–Trinajstić information content (AvgIpc) is 3.33. The van der Waals surface area contributed by atoms with Gasteiger partial charge in [0, 0.05) is 31.8 Å². The van der Waals surface area contributed by atoms with Gasteiger partial charge in [-0.15, -0.1) is 0 Å². The topological polar surface area (TPSA) is 47.4 Å². The van der Waals surface area contributed by atoms with Gasteiger partial charge in [-0.3, -0.25) is 9.48 Å². The molecule has 0 aliphatic carbocycles. The van der Waals surface area contributed by atoms with Crippen LogP contribution >= 0.6 is 11.6 Å². The number of aromatic nitrogens is 2. The van der Waals surface area contributed by atoms with Gasteiger partial charge in [0.1, 0.15) is 6.10 Å². The van der Waals surface area contributed by atoms with E-state index in [0.717, 1.165) is 35.2 Å². The minimum atomic E-state index is 0.0232. The quantitative estimate of drug-likeness (QED) is 0.652. The van der Waals surface area contributed by atoms with Gasteiger partial charge in [0.2, 0.25) is 0 Å². The highest BCUT2D eigenvalue weighted by Crippen LogP contribution is 2.39. The molecule has 2 aliphatic rings. The van der Waals surface area contributed by atoms with Crippen LogP contribution in [0.5, 0.6) is 5.75 Å². The van der Waals surface area contributed by atoms with Crippen LogP contribution in [0.4, 0.5) is 0 Å². The van der Waals surface area contributed by atoms with Crippen LogP contribution in [-0.2, 0) is 13.5 Å². The number of fused-ring (bicyclic) bond motifs is 3. The lowest BCUT2D eigenvalue weighted by atomic mass is 9.96. The van der Waals surface area contributed by atoms with Gasteiger partial charge in [-0.25, -0.2) is 0 Å². The van der Waals surface area contributed by atoms with Crippen LogP contribution in [0.1, 0.15) is 33.5 Å². The first-order valence-corrected chi connectivity index (χ1v) is 10.2. The van der Waals surface area contributed by atoms with E-state index in [1.54, 1.807) is 4.68 Å². The second kappa shape index (κ2) is 6.92.